The van der Waals surface area contributed by atoms with Crippen molar-refractivity contribution in [2.75, 3.05) is 12.5 Å². The summed E-state index contributed by atoms with van der Waals surface area (Å²) in [6.07, 6.45) is -1.37. The Hall–Kier alpha value is -1.32. The predicted octanol–water partition coefficient (Wildman–Crippen LogP) is 2.25. The molecule has 2 N–H and O–H groups in total. The van der Waals surface area contributed by atoms with Gasteiger partial charge in [0.2, 0.25) is 6.29 Å². The van der Waals surface area contributed by atoms with E-state index in [1.807, 2.05) is 0 Å². The van der Waals surface area contributed by atoms with Gasteiger partial charge in [-0.15, -0.1) is 0 Å². The van der Waals surface area contributed by atoms with E-state index in [1.165, 1.54) is 7.11 Å². The molecule has 7 heteroatoms. The minimum absolute atomic E-state index is 0.196. The van der Waals surface area contributed by atoms with E-state index in [4.69, 9.17) is 28.5 Å². The highest BCUT2D eigenvalue weighted by atomic mass is 35.5. The molecule has 17 heavy (non-hydrogen) atoms. The van der Waals surface area contributed by atoms with Crippen molar-refractivity contribution >= 4 is 34.6 Å². The number of hydrogen-bond acceptors (Lipinski definition) is 5. The monoisotopic (exact) mass is 273 g/mol. The van der Waals surface area contributed by atoms with E-state index in [9.17, 15) is 5.11 Å². The molecule has 1 aromatic carbocycles. The summed E-state index contributed by atoms with van der Waals surface area (Å²) in [6.45, 7) is 0. The van der Waals surface area contributed by atoms with Crippen molar-refractivity contribution in [3.05, 3.63) is 28.2 Å². The van der Waals surface area contributed by atoms with Crippen molar-refractivity contribution in [1.29, 1.82) is 5.26 Å². The predicted molar refractivity (Wildman–Crippen MR) is 66.1 cm³/mol. The van der Waals surface area contributed by atoms with Gasteiger partial charge in [0.25, 0.3) is 0 Å². The van der Waals surface area contributed by atoms with Gasteiger partial charge in [-0.1, -0.05) is 23.2 Å². The maximum Gasteiger partial charge on any atom is 0.210 e. The minimum atomic E-state index is -1.37. The standard InChI is InChI=1S/C10H9Cl2N3O2/c1-17-10(16)9(5-13)15-14-6-2-3-7(11)8(12)4-6/h2-4,10,14,16H,1H3/b15-9+. The number of ether oxygens (including phenoxy) is 1. The summed E-state index contributed by atoms with van der Waals surface area (Å²) < 4.78 is 4.55. The SMILES string of the molecule is COC(O)/C(C#N)=N/Nc1ccc(Cl)c(Cl)c1. The van der Waals surface area contributed by atoms with E-state index >= 15 is 0 Å². The number of anilines is 1. The van der Waals surface area contributed by atoms with Crippen LogP contribution in [0, 0.1) is 11.3 Å². The summed E-state index contributed by atoms with van der Waals surface area (Å²) in [5.74, 6) is 0. The van der Waals surface area contributed by atoms with Gasteiger partial charge in [-0.05, 0) is 18.2 Å². The lowest BCUT2D eigenvalue weighted by atomic mass is 10.3. The lowest BCUT2D eigenvalue weighted by Crippen LogP contribution is -2.21. The van der Waals surface area contributed by atoms with E-state index in [0.29, 0.717) is 15.7 Å². The Morgan fingerprint density at radius 1 is 1.53 bits per heavy atom. The molecule has 0 saturated carbocycles. The lowest BCUT2D eigenvalue weighted by molar-refractivity contribution is -0.0189. The molecule has 0 amide bonds. The van der Waals surface area contributed by atoms with Crippen LogP contribution in [0.2, 0.25) is 10.0 Å². The number of aliphatic hydroxyl groups is 1. The summed E-state index contributed by atoms with van der Waals surface area (Å²) >= 11 is 11.5. The van der Waals surface area contributed by atoms with Crippen molar-refractivity contribution in [3.8, 4) is 6.07 Å². The zero-order chi connectivity index (χ0) is 12.8. The van der Waals surface area contributed by atoms with Gasteiger partial charge in [0.05, 0.1) is 15.7 Å². The van der Waals surface area contributed by atoms with Crippen molar-refractivity contribution in [2.45, 2.75) is 6.29 Å². The molecule has 0 saturated heterocycles. The molecular weight excluding hydrogens is 265 g/mol. The van der Waals surface area contributed by atoms with E-state index < -0.39 is 6.29 Å². The first-order chi connectivity index (χ1) is 8.08. The van der Waals surface area contributed by atoms with Crippen LogP contribution in [-0.4, -0.2) is 24.2 Å². The fourth-order valence-electron chi connectivity index (χ4n) is 0.938. The second-order valence-electron chi connectivity index (χ2n) is 2.94. The van der Waals surface area contributed by atoms with Crippen LogP contribution in [0.3, 0.4) is 0 Å². The van der Waals surface area contributed by atoms with Crippen molar-refractivity contribution in [1.82, 2.24) is 0 Å². The Labute approximate surface area is 108 Å². The minimum Gasteiger partial charge on any atom is -0.362 e. The van der Waals surface area contributed by atoms with Crippen molar-refractivity contribution in [2.24, 2.45) is 5.10 Å². The summed E-state index contributed by atoms with van der Waals surface area (Å²) in [6, 6.07) is 6.46. The Morgan fingerprint density at radius 2 is 2.24 bits per heavy atom. The van der Waals surface area contributed by atoms with Gasteiger partial charge >= 0.3 is 0 Å². The van der Waals surface area contributed by atoms with E-state index in [-0.39, 0.29) is 5.71 Å². The number of rotatable bonds is 4. The number of aliphatic hydroxyl groups excluding tert-OH is 1. The topological polar surface area (TPSA) is 77.6 Å². The second kappa shape index (κ2) is 6.42. The highest BCUT2D eigenvalue weighted by Crippen LogP contribution is 2.24. The molecule has 0 aliphatic carbocycles. The third-order valence-electron chi connectivity index (χ3n) is 1.80. The number of methoxy groups -OCH3 is 1. The van der Waals surface area contributed by atoms with Gasteiger partial charge in [0.15, 0.2) is 5.71 Å². The second-order valence-corrected chi connectivity index (χ2v) is 3.75. The summed E-state index contributed by atoms with van der Waals surface area (Å²) in [5.41, 5.74) is 2.90. The number of nitriles is 1. The molecule has 1 rings (SSSR count). The molecule has 0 aliphatic heterocycles. The molecule has 0 aromatic heterocycles. The molecule has 0 fully saturated rings. The highest BCUT2D eigenvalue weighted by molar-refractivity contribution is 6.42. The summed E-state index contributed by atoms with van der Waals surface area (Å²) in [4.78, 5) is 0. The van der Waals surface area contributed by atoms with E-state index in [0.717, 1.165) is 0 Å². The molecule has 90 valence electrons. The zero-order valence-corrected chi connectivity index (χ0v) is 10.3. The van der Waals surface area contributed by atoms with Crippen LogP contribution in [0.4, 0.5) is 5.69 Å². The Kier molecular flexibility index (Phi) is 5.19. The van der Waals surface area contributed by atoms with Crippen LogP contribution < -0.4 is 5.43 Å². The van der Waals surface area contributed by atoms with E-state index in [1.54, 1.807) is 24.3 Å². The number of hydrazone groups is 1. The number of benzene rings is 1. The van der Waals surface area contributed by atoms with Crippen LogP contribution in [0.15, 0.2) is 23.3 Å². The largest absolute Gasteiger partial charge is 0.362 e. The van der Waals surface area contributed by atoms with Gasteiger partial charge in [0.1, 0.15) is 6.07 Å². The normalized spacial score (nSPS) is 13.0. The van der Waals surface area contributed by atoms with Crippen LogP contribution in [0.5, 0.6) is 0 Å². The highest BCUT2D eigenvalue weighted by Gasteiger charge is 2.10. The van der Waals surface area contributed by atoms with E-state index in [2.05, 4.69) is 15.3 Å². The third kappa shape index (κ3) is 3.88. The van der Waals surface area contributed by atoms with Crippen molar-refractivity contribution in [3.63, 3.8) is 0 Å². The Balaban J connectivity index is 2.81. The van der Waals surface area contributed by atoms with Gasteiger partial charge in [-0.2, -0.15) is 10.4 Å². The van der Waals surface area contributed by atoms with Crippen LogP contribution in [0.25, 0.3) is 0 Å². The van der Waals surface area contributed by atoms with Crippen LogP contribution in [0.1, 0.15) is 0 Å². The van der Waals surface area contributed by atoms with Gasteiger partial charge in [-0.3, -0.25) is 5.43 Å². The fraction of sp³-hybridized carbons (Fsp3) is 0.200. The fourth-order valence-corrected chi connectivity index (χ4v) is 1.24. The molecule has 0 heterocycles. The molecule has 0 aliphatic rings. The maximum absolute atomic E-state index is 9.23. The smallest absolute Gasteiger partial charge is 0.210 e. The first kappa shape index (κ1) is 13.7. The molecule has 1 atom stereocenters. The molecule has 0 spiro atoms. The summed E-state index contributed by atoms with van der Waals surface area (Å²) in [7, 11) is 1.26. The average Bonchev–Trinajstić information content (AvgIpc) is 2.33. The zero-order valence-electron chi connectivity index (χ0n) is 8.82. The molecular formula is C10H9Cl2N3O2. The van der Waals surface area contributed by atoms with Gasteiger partial charge < -0.3 is 9.84 Å². The molecule has 0 bridgehead atoms. The average molecular weight is 274 g/mol. The van der Waals surface area contributed by atoms with Gasteiger partial charge in [0, 0.05) is 7.11 Å². The number of nitrogens with one attached hydrogen (secondary N) is 1. The molecule has 5 nitrogen and oxygen atoms in total. The van der Waals surface area contributed by atoms with Crippen LogP contribution in [-0.2, 0) is 4.74 Å². The Morgan fingerprint density at radius 3 is 2.76 bits per heavy atom. The van der Waals surface area contributed by atoms with Gasteiger partial charge in [-0.25, -0.2) is 0 Å². The maximum atomic E-state index is 9.23. The quantitative estimate of drug-likeness (QED) is 0.501. The number of hydrogen-bond donors (Lipinski definition) is 2. The van der Waals surface area contributed by atoms with Crippen molar-refractivity contribution < 1.29 is 9.84 Å². The van der Waals surface area contributed by atoms with Crippen LogP contribution >= 0.6 is 23.2 Å². The molecule has 0 radical (unpaired) electrons. The third-order valence-corrected chi connectivity index (χ3v) is 2.54. The lowest BCUT2D eigenvalue weighted by Gasteiger charge is -2.06. The number of halogens is 2. The molecule has 1 aromatic rings. The summed E-state index contributed by atoms with van der Waals surface area (Å²) in [5, 5.41) is 22.4. The first-order valence-corrected chi connectivity index (χ1v) is 5.23. The first-order valence-electron chi connectivity index (χ1n) is 4.48. The Bertz CT molecular complexity index is 471. The molecule has 1 unspecified atom stereocenters. The number of nitrogens with zero attached hydrogens (tertiary/aromatic N) is 2.